The Morgan fingerprint density at radius 3 is 2.21 bits per heavy atom. The van der Waals surface area contributed by atoms with Gasteiger partial charge in [-0.05, 0) is 30.5 Å². The molecule has 0 heterocycles. The van der Waals surface area contributed by atoms with Crippen LogP contribution in [0.1, 0.15) is 32.3 Å². The lowest BCUT2D eigenvalue weighted by Crippen LogP contribution is -2.33. The molecule has 0 spiro atoms. The molecule has 0 fully saturated rings. The van der Waals surface area contributed by atoms with E-state index in [1.165, 1.54) is 16.4 Å². The second-order valence-corrected chi connectivity index (χ2v) is 6.28. The number of benzene rings is 1. The van der Waals surface area contributed by atoms with E-state index in [0.717, 1.165) is 0 Å². The topological polar surface area (TPSA) is 63.4 Å². The first-order chi connectivity index (χ1) is 8.97. The second-order valence-electron chi connectivity index (χ2n) is 4.37. The molecule has 19 heavy (non-hydrogen) atoms. The quantitative estimate of drug-likeness (QED) is 0.835. The van der Waals surface area contributed by atoms with E-state index in [1.807, 2.05) is 13.8 Å². The van der Waals surface area contributed by atoms with Crippen LogP contribution in [0.15, 0.2) is 23.1 Å². The normalized spacial score (nSPS) is 12.1. The summed E-state index contributed by atoms with van der Waals surface area (Å²) in [5, 5.41) is 0. The molecule has 4 nitrogen and oxygen atoms in total. The number of hydrogen-bond acceptors (Lipinski definition) is 3. The SMILES string of the molecule is CCCN(CCC)S(=O)(=O)c1ccc(CN)cc1F. The minimum atomic E-state index is -3.76. The van der Waals surface area contributed by atoms with Gasteiger partial charge < -0.3 is 5.73 Å². The third-order valence-corrected chi connectivity index (χ3v) is 4.73. The van der Waals surface area contributed by atoms with Gasteiger partial charge in [-0.3, -0.25) is 0 Å². The van der Waals surface area contributed by atoms with Gasteiger partial charge in [0, 0.05) is 19.6 Å². The summed E-state index contributed by atoms with van der Waals surface area (Å²) in [6.45, 7) is 4.77. The van der Waals surface area contributed by atoms with Crippen molar-refractivity contribution in [3.8, 4) is 0 Å². The number of halogens is 1. The van der Waals surface area contributed by atoms with Crippen LogP contribution in [-0.2, 0) is 16.6 Å². The molecule has 1 aromatic carbocycles. The highest BCUT2D eigenvalue weighted by Crippen LogP contribution is 2.21. The molecular formula is C13H21FN2O2S. The summed E-state index contributed by atoms with van der Waals surface area (Å²) in [5.74, 6) is -0.736. The lowest BCUT2D eigenvalue weighted by Gasteiger charge is -2.21. The van der Waals surface area contributed by atoms with Crippen LogP contribution in [0.5, 0.6) is 0 Å². The molecule has 1 rings (SSSR count). The van der Waals surface area contributed by atoms with E-state index in [4.69, 9.17) is 5.73 Å². The summed E-state index contributed by atoms with van der Waals surface area (Å²) in [6, 6.07) is 4.03. The maximum Gasteiger partial charge on any atom is 0.245 e. The van der Waals surface area contributed by atoms with Crippen molar-refractivity contribution in [2.75, 3.05) is 13.1 Å². The van der Waals surface area contributed by atoms with Gasteiger partial charge in [0.1, 0.15) is 10.7 Å². The van der Waals surface area contributed by atoms with E-state index in [9.17, 15) is 12.8 Å². The number of nitrogens with zero attached hydrogens (tertiary/aromatic N) is 1. The van der Waals surface area contributed by atoms with Gasteiger partial charge in [0.2, 0.25) is 10.0 Å². The summed E-state index contributed by atoms with van der Waals surface area (Å²) >= 11 is 0. The molecule has 108 valence electrons. The number of sulfonamides is 1. The molecule has 0 unspecified atom stereocenters. The maximum atomic E-state index is 13.9. The molecule has 0 aromatic heterocycles. The molecule has 6 heteroatoms. The highest BCUT2D eigenvalue weighted by Gasteiger charge is 2.26. The minimum absolute atomic E-state index is 0.185. The molecule has 0 radical (unpaired) electrons. The van der Waals surface area contributed by atoms with Crippen LogP contribution in [0.3, 0.4) is 0 Å². The average Bonchev–Trinajstić information content (AvgIpc) is 2.38. The molecule has 0 atom stereocenters. The van der Waals surface area contributed by atoms with Gasteiger partial charge in [-0.1, -0.05) is 19.9 Å². The van der Waals surface area contributed by atoms with Gasteiger partial charge in [0.05, 0.1) is 0 Å². The molecule has 0 aliphatic heterocycles. The Morgan fingerprint density at radius 2 is 1.79 bits per heavy atom. The van der Waals surface area contributed by atoms with Crippen molar-refractivity contribution in [3.05, 3.63) is 29.6 Å². The highest BCUT2D eigenvalue weighted by molar-refractivity contribution is 7.89. The zero-order valence-corrected chi connectivity index (χ0v) is 12.2. The Morgan fingerprint density at radius 1 is 1.21 bits per heavy atom. The van der Waals surface area contributed by atoms with Crippen molar-refractivity contribution < 1.29 is 12.8 Å². The maximum absolute atomic E-state index is 13.9. The van der Waals surface area contributed by atoms with Gasteiger partial charge >= 0.3 is 0 Å². The van der Waals surface area contributed by atoms with Gasteiger partial charge in [0.25, 0.3) is 0 Å². The number of rotatable bonds is 7. The molecule has 0 saturated carbocycles. The van der Waals surface area contributed by atoms with E-state index in [1.54, 1.807) is 6.07 Å². The van der Waals surface area contributed by atoms with Crippen molar-refractivity contribution in [2.24, 2.45) is 5.73 Å². The summed E-state index contributed by atoms with van der Waals surface area (Å²) in [5.41, 5.74) is 5.98. The van der Waals surface area contributed by atoms with Crippen LogP contribution < -0.4 is 5.73 Å². The number of nitrogens with two attached hydrogens (primary N) is 1. The Kier molecular flexibility index (Phi) is 5.90. The zero-order chi connectivity index (χ0) is 14.5. The Bertz CT molecular complexity index is 511. The lowest BCUT2D eigenvalue weighted by atomic mass is 10.2. The van der Waals surface area contributed by atoms with Crippen LogP contribution >= 0.6 is 0 Å². The standard InChI is InChI=1S/C13H21FN2O2S/c1-3-7-16(8-4-2)19(17,18)13-6-5-11(10-15)9-12(13)14/h5-6,9H,3-4,7-8,10,15H2,1-2H3. The first-order valence-corrected chi connectivity index (χ1v) is 7.90. The first-order valence-electron chi connectivity index (χ1n) is 6.46. The zero-order valence-electron chi connectivity index (χ0n) is 11.4. The first kappa shape index (κ1) is 16.1. The highest BCUT2D eigenvalue weighted by atomic mass is 32.2. The van der Waals surface area contributed by atoms with E-state index in [2.05, 4.69) is 0 Å². The van der Waals surface area contributed by atoms with Crippen molar-refractivity contribution >= 4 is 10.0 Å². The molecule has 0 aliphatic rings. The summed E-state index contributed by atoms with van der Waals surface area (Å²) < 4.78 is 40.0. The molecule has 1 aromatic rings. The Hall–Kier alpha value is -0.980. The summed E-state index contributed by atoms with van der Waals surface area (Å²) in [4.78, 5) is -0.272. The van der Waals surface area contributed by atoms with Crippen molar-refractivity contribution in [1.82, 2.24) is 4.31 Å². The Labute approximate surface area is 114 Å². The fourth-order valence-corrected chi connectivity index (χ4v) is 3.54. The van der Waals surface area contributed by atoms with Crippen LogP contribution in [-0.4, -0.2) is 25.8 Å². The van der Waals surface area contributed by atoms with Crippen LogP contribution in [0.4, 0.5) is 4.39 Å². The third kappa shape index (κ3) is 3.75. The fraction of sp³-hybridized carbons (Fsp3) is 0.538. The lowest BCUT2D eigenvalue weighted by molar-refractivity contribution is 0.406. The predicted octanol–water partition coefficient (Wildman–Crippen LogP) is 2.10. The van der Waals surface area contributed by atoms with Crippen LogP contribution in [0, 0.1) is 5.82 Å². The monoisotopic (exact) mass is 288 g/mol. The van der Waals surface area contributed by atoms with Gasteiger partial charge in [-0.2, -0.15) is 4.31 Å². The smallest absolute Gasteiger partial charge is 0.245 e. The van der Waals surface area contributed by atoms with E-state index >= 15 is 0 Å². The van der Waals surface area contributed by atoms with Gasteiger partial charge in [-0.25, -0.2) is 12.8 Å². The molecule has 2 N–H and O–H groups in total. The van der Waals surface area contributed by atoms with Gasteiger partial charge in [-0.15, -0.1) is 0 Å². The molecule has 0 bridgehead atoms. The fourth-order valence-electron chi connectivity index (χ4n) is 1.87. The minimum Gasteiger partial charge on any atom is -0.326 e. The average molecular weight is 288 g/mol. The van der Waals surface area contributed by atoms with Crippen LogP contribution in [0.2, 0.25) is 0 Å². The molecule has 0 aliphatic carbocycles. The molecular weight excluding hydrogens is 267 g/mol. The molecule has 0 amide bonds. The number of hydrogen-bond donors (Lipinski definition) is 1. The second kappa shape index (κ2) is 6.98. The molecule has 0 saturated heterocycles. The third-order valence-electron chi connectivity index (χ3n) is 2.80. The summed E-state index contributed by atoms with van der Waals surface area (Å²) in [6.07, 6.45) is 1.39. The summed E-state index contributed by atoms with van der Waals surface area (Å²) in [7, 11) is -3.76. The van der Waals surface area contributed by atoms with Gasteiger partial charge in [0.15, 0.2) is 0 Å². The van der Waals surface area contributed by atoms with Crippen molar-refractivity contribution in [1.29, 1.82) is 0 Å². The van der Waals surface area contributed by atoms with Crippen LogP contribution in [0.25, 0.3) is 0 Å². The largest absolute Gasteiger partial charge is 0.326 e. The Balaban J connectivity index is 3.17. The van der Waals surface area contributed by atoms with Crippen molar-refractivity contribution in [3.63, 3.8) is 0 Å². The van der Waals surface area contributed by atoms with E-state index in [0.29, 0.717) is 31.5 Å². The van der Waals surface area contributed by atoms with E-state index < -0.39 is 15.8 Å². The predicted molar refractivity (Wildman–Crippen MR) is 73.6 cm³/mol. The van der Waals surface area contributed by atoms with Crippen molar-refractivity contribution in [2.45, 2.75) is 38.1 Å². The van der Waals surface area contributed by atoms with E-state index in [-0.39, 0.29) is 11.4 Å².